The van der Waals surface area contributed by atoms with E-state index in [0.29, 0.717) is 38.6 Å². The van der Waals surface area contributed by atoms with Crippen molar-refractivity contribution in [1.82, 2.24) is 19.9 Å². The number of aromatic amines is 2. The zero-order valence-corrected chi connectivity index (χ0v) is 12.9. The lowest BCUT2D eigenvalue weighted by atomic mass is 9.99. The summed E-state index contributed by atoms with van der Waals surface area (Å²) in [5.74, 6) is -0.409. The molecule has 5 nitrogen and oxygen atoms in total. The van der Waals surface area contributed by atoms with Crippen LogP contribution in [0.4, 0.5) is 4.39 Å². The molecule has 0 aliphatic rings. The van der Waals surface area contributed by atoms with Gasteiger partial charge < -0.3 is 4.98 Å². The summed E-state index contributed by atoms with van der Waals surface area (Å²) in [7, 11) is 0. The minimum atomic E-state index is -0.409. The normalized spacial score (nSPS) is 11.1. The molecule has 0 fully saturated rings. The molecule has 4 aromatic rings. The molecule has 24 heavy (non-hydrogen) atoms. The summed E-state index contributed by atoms with van der Waals surface area (Å²) in [6.45, 7) is 0. The maximum absolute atomic E-state index is 14.3. The molecule has 3 heterocycles. The van der Waals surface area contributed by atoms with Crippen LogP contribution in [0.25, 0.3) is 33.5 Å². The van der Waals surface area contributed by atoms with Crippen LogP contribution >= 0.6 is 11.6 Å². The number of nitrogens with one attached hydrogen (secondary N) is 2. The number of pyridine rings is 2. The Hall–Kier alpha value is -2.99. The van der Waals surface area contributed by atoms with Gasteiger partial charge in [-0.2, -0.15) is 0 Å². The molecule has 4 rings (SSSR count). The van der Waals surface area contributed by atoms with E-state index in [1.54, 1.807) is 36.5 Å². The molecule has 0 aliphatic carbocycles. The highest BCUT2D eigenvalue weighted by Crippen LogP contribution is 2.36. The molecular weight excluding hydrogens is 331 g/mol. The molecule has 0 atom stereocenters. The summed E-state index contributed by atoms with van der Waals surface area (Å²) in [4.78, 5) is 25.2. The predicted octanol–water partition coefficient (Wildman–Crippen LogP) is 3.77. The number of aromatic nitrogens is 4. The van der Waals surface area contributed by atoms with Crippen LogP contribution < -0.4 is 5.69 Å². The number of H-pyrrole nitrogens is 2. The maximum Gasteiger partial charge on any atom is 0.325 e. The predicted molar refractivity (Wildman–Crippen MR) is 90.3 cm³/mol. The zero-order valence-electron chi connectivity index (χ0n) is 12.2. The number of fused-ring (bicyclic) bond motifs is 1. The largest absolute Gasteiger partial charge is 0.325 e. The summed E-state index contributed by atoms with van der Waals surface area (Å²) in [5.41, 5.74) is 2.47. The second-order valence-corrected chi connectivity index (χ2v) is 5.60. The van der Waals surface area contributed by atoms with E-state index in [4.69, 9.17) is 11.6 Å². The van der Waals surface area contributed by atoms with E-state index in [-0.39, 0.29) is 5.69 Å². The first-order valence-electron chi connectivity index (χ1n) is 7.11. The van der Waals surface area contributed by atoms with E-state index in [9.17, 15) is 9.18 Å². The SMILES string of the molecule is O=c1[nH]c2cc(-c3ccncc3Cl)c(-c3ccccc3F)nc2[nH]1. The first kappa shape index (κ1) is 14.6. The monoisotopic (exact) mass is 340 g/mol. The van der Waals surface area contributed by atoms with E-state index < -0.39 is 5.82 Å². The molecule has 0 unspecified atom stereocenters. The highest BCUT2D eigenvalue weighted by atomic mass is 35.5. The number of halogens is 2. The van der Waals surface area contributed by atoms with Gasteiger partial charge in [0.15, 0.2) is 5.65 Å². The van der Waals surface area contributed by atoms with Crippen molar-refractivity contribution in [2.24, 2.45) is 0 Å². The summed E-state index contributed by atoms with van der Waals surface area (Å²) >= 11 is 6.25. The zero-order chi connectivity index (χ0) is 16.7. The third kappa shape index (κ3) is 2.37. The standard InChI is InChI=1S/C17H10ClFN4O/c18-12-8-20-6-5-9(12)11-7-14-16(23-17(24)21-14)22-15(11)10-3-1-2-4-13(10)19/h1-8H,(H2,21,22,23,24). The first-order chi connectivity index (χ1) is 11.6. The van der Waals surface area contributed by atoms with E-state index in [1.165, 1.54) is 12.3 Å². The van der Waals surface area contributed by atoms with Crippen LogP contribution in [0.5, 0.6) is 0 Å². The van der Waals surface area contributed by atoms with E-state index >= 15 is 0 Å². The Labute approximate surface area is 140 Å². The van der Waals surface area contributed by atoms with Crippen molar-refractivity contribution in [2.45, 2.75) is 0 Å². The van der Waals surface area contributed by atoms with E-state index in [0.717, 1.165) is 0 Å². The van der Waals surface area contributed by atoms with Crippen LogP contribution in [0.1, 0.15) is 0 Å². The number of rotatable bonds is 2. The fraction of sp³-hybridized carbons (Fsp3) is 0. The van der Waals surface area contributed by atoms with Gasteiger partial charge in [-0.1, -0.05) is 23.7 Å². The first-order valence-corrected chi connectivity index (χ1v) is 7.49. The summed E-state index contributed by atoms with van der Waals surface area (Å²) < 4.78 is 14.3. The van der Waals surface area contributed by atoms with Crippen LogP contribution in [0.3, 0.4) is 0 Å². The Morgan fingerprint density at radius 1 is 1.04 bits per heavy atom. The van der Waals surface area contributed by atoms with Gasteiger partial charge in [0.05, 0.1) is 16.2 Å². The number of imidazole rings is 1. The van der Waals surface area contributed by atoms with Crippen LogP contribution in [-0.4, -0.2) is 19.9 Å². The van der Waals surface area contributed by atoms with E-state index in [2.05, 4.69) is 19.9 Å². The smallest absolute Gasteiger partial charge is 0.304 e. The summed E-state index contributed by atoms with van der Waals surface area (Å²) in [6, 6.07) is 9.77. The minimum absolute atomic E-state index is 0.323. The van der Waals surface area contributed by atoms with Gasteiger partial charge in [-0.05, 0) is 24.3 Å². The number of nitrogens with zero attached hydrogens (tertiary/aromatic N) is 2. The van der Waals surface area contributed by atoms with Gasteiger partial charge in [0.25, 0.3) is 0 Å². The van der Waals surface area contributed by atoms with Gasteiger partial charge in [-0.15, -0.1) is 0 Å². The van der Waals surface area contributed by atoms with Gasteiger partial charge in [0, 0.05) is 29.1 Å². The van der Waals surface area contributed by atoms with Crippen molar-refractivity contribution >= 4 is 22.8 Å². The van der Waals surface area contributed by atoms with Crippen LogP contribution in [0.2, 0.25) is 5.02 Å². The molecule has 0 bridgehead atoms. The third-order valence-electron chi connectivity index (χ3n) is 3.69. The molecule has 0 saturated heterocycles. The van der Waals surface area contributed by atoms with Crippen LogP contribution in [-0.2, 0) is 0 Å². The Morgan fingerprint density at radius 3 is 2.67 bits per heavy atom. The molecular formula is C17H10ClFN4O. The van der Waals surface area contributed by atoms with E-state index in [1.807, 2.05) is 0 Å². The minimum Gasteiger partial charge on any atom is -0.304 e. The van der Waals surface area contributed by atoms with Gasteiger partial charge in [0.2, 0.25) is 0 Å². The molecule has 0 spiro atoms. The van der Waals surface area contributed by atoms with Crippen molar-refractivity contribution in [1.29, 1.82) is 0 Å². The molecule has 2 N–H and O–H groups in total. The number of hydrogen-bond acceptors (Lipinski definition) is 3. The van der Waals surface area contributed by atoms with Gasteiger partial charge in [0.1, 0.15) is 5.82 Å². The lowest BCUT2D eigenvalue weighted by Crippen LogP contribution is -1.99. The van der Waals surface area contributed by atoms with Crippen molar-refractivity contribution in [3.63, 3.8) is 0 Å². The highest BCUT2D eigenvalue weighted by Gasteiger charge is 2.17. The van der Waals surface area contributed by atoms with Gasteiger partial charge in [-0.25, -0.2) is 14.2 Å². The molecule has 0 amide bonds. The Morgan fingerprint density at radius 2 is 1.88 bits per heavy atom. The molecule has 0 radical (unpaired) electrons. The number of benzene rings is 1. The number of hydrogen-bond donors (Lipinski definition) is 2. The summed E-state index contributed by atoms with van der Waals surface area (Å²) in [5, 5.41) is 0.411. The van der Waals surface area contributed by atoms with Crippen molar-refractivity contribution in [2.75, 3.05) is 0 Å². The third-order valence-corrected chi connectivity index (χ3v) is 4.00. The fourth-order valence-electron chi connectivity index (χ4n) is 2.62. The lowest BCUT2D eigenvalue weighted by molar-refractivity contribution is 0.631. The average molecular weight is 341 g/mol. The van der Waals surface area contributed by atoms with Crippen LogP contribution in [0.15, 0.2) is 53.6 Å². The lowest BCUT2D eigenvalue weighted by Gasteiger charge is -2.11. The average Bonchev–Trinajstić information content (AvgIpc) is 2.94. The molecule has 0 saturated carbocycles. The van der Waals surface area contributed by atoms with Gasteiger partial charge >= 0.3 is 5.69 Å². The van der Waals surface area contributed by atoms with Crippen molar-refractivity contribution in [3.8, 4) is 22.4 Å². The second kappa shape index (κ2) is 5.58. The quantitative estimate of drug-likeness (QED) is 0.583. The molecule has 3 aromatic heterocycles. The fourth-order valence-corrected chi connectivity index (χ4v) is 2.84. The highest BCUT2D eigenvalue weighted by molar-refractivity contribution is 6.33. The van der Waals surface area contributed by atoms with Crippen molar-refractivity contribution < 1.29 is 4.39 Å². The Balaban J connectivity index is 2.10. The van der Waals surface area contributed by atoms with Crippen LogP contribution in [0, 0.1) is 5.82 Å². The maximum atomic E-state index is 14.3. The van der Waals surface area contributed by atoms with Crippen molar-refractivity contribution in [3.05, 3.63) is 70.1 Å². The topological polar surface area (TPSA) is 74.4 Å². The Kier molecular flexibility index (Phi) is 3.39. The molecule has 7 heteroatoms. The Bertz CT molecular complexity index is 1030. The second-order valence-electron chi connectivity index (χ2n) is 5.20. The molecule has 1 aromatic carbocycles. The van der Waals surface area contributed by atoms with Gasteiger partial charge in [-0.3, -0.25) is 9.97 Å². The molecule has 118 valence electrons. The summed E-state index contributed by atoms with van der Waals surface area (Å²) in [6.07, 6.45) is 3.10. The molecule has 0 aliphatic heterocycles.